The van der Waals surface area contributed by atoms with Crippen molar-refractivity contribution in [1.82, 2.24) is 9.78 Å². The van der Waals surface area contributed by atoms with Crippen molar-refractivity contribution in [1.29, 1.82) is 0 Å². The third kappa shape index (κ3) is 2.78. The van der Waals surface area contributed by atoms with Crippen LogP contribution in [-0.2, 0) is 7.05 Å². The third-order valence-electron chi connectivity index (χ3n) is 1.59. The van der Waals surface area contributed by atoms with Crippen LogP contribution in [-0.4, -0.2) is 16.3 Å². The summed E-state index contributed by atoms with van der Waals surface area (Å²) in [5, 5.41) is 7.30. The number of aromatic nitrogens is 2. The quantitative estimate of drug-likeness (QED) is 0.689. The second-order valence-corrected chi connectivity index (χ2v) is 3.04. The fourth-order valence-electron chi connectivity index (χ4n) is 0.933. The average molecular weight is 165 g/mol. The Bertz CT molecular complexity index is 262. The van der Waals surface area contributed by atoms with Gasteiger partial charge in [-0.05, 0) is 13.3 Å². The summed E-state index contributed by atoms with van der Waals surface area (Å²) in [5.41, 5.74) is 2.27. The smallest absolute Gasteiger partial charge is 0.0726 e. The van der Waals surface area contributed by atoms with E-state index in [4.69, 9.17) is 0 Å². The molecule has 0 aliphatic heterocycles. The zero-order valence-corrected chi connectivity index (χ0v) is 7.67. The highest BCUT2D eigenvalue weighted by molar-refractivity contribution is 5.37. The zero-order chi connectivity index (χ0) is 8.97. The van der Waals surface area contributed by atoms with Crippen LogP contribution in [0.5, 0.6) is 0 Å². The predicted octanol–water partition coefficient (Wildman–Crippen LogP) is 1.80. The van der Waals surface area contributed by atoms with Crippen LogP contribution in [0.2, 0.25) is 0 Å². The molecule has 1 aromatic rings. The van der Waals surface area contributed by atoms with Crippen LogP contribution in [0.3, 0.4) is 0 Å². The fraction of sp³-hybridized carbons (Fsp3) is 0.444. The van der Waals surface area contributed by atoms with Crippen molar-refractivity contribution < 1.29 is 0 Å². The van der Waals surface area contributed by atoms with Gasteiger partial charge in [0, 0.05) is 19.8 Å². The van der Waals surface area contributed by atoms with Crippen molar-refractivity contribution in [3.8, 4) is 0 Å². The lowest BCUT2D eigenvalue weighted by atomic mass is 10.2. The van der Waals surface area contributed by atoms with Gasteiger partial charge in [0.15, 0.2) is 0 Å². The van der Waals surface area contributed by atoms with Crippen LogP contribution in [0.4, 0.5) is 5.69 Å². The molecule has 1 aromatic heterocycles. The minimum absolute atomic E-state index is 0.932. The van der Waals surface area contributed by atoms with Gasteiger partial charge < -0.3 is 5.32 Å². The second kappa shape index (κ2) is 3.95. The second-order valence-electron chi connectivity index (χ2n) is 3.04. The molecule has 0 amide bonds. The van der Waals surface area contributed by atoms with E-state index in [0.29, 0.717) is 0 Å². The molecule has 3 heteroatoms. The number of nitrogens with zero attached hydrogens (tertiary/aromatic N) is 2. The van der Waals surface area contributed by atoms with E-state index in [2.05, 4.69) is 17.0 Å². The summed E-state index contributed by atoms with van der Waals surface area (Å²) in [6.45, 7) is 6.79. The molecule has 0 bridgehead atoms. The summed E-state index contributed by atoms with van der Waals surface area (Å²) in [6.07, 6.45) is 4.78. The van der Waals surface area contributed by atoms with Crippen molar-refractivity contribution in [3.05, 3.63) is 24.5 Å². The fourth-order valence-corrected chi connectivity index (χ4v) is 0.933. The minimum atomic E-state index is 0.932. The standard InChI is InChI=1S/C9H15N3/c1-8(2)4-5-10-9-6-11-12(3)7-9/h6-7,10H,1,4-5H2,2-3H3. The first-order valence-corrected chi connectivity index (χ1v) is 4.05. The van der Waals surface area contributed by atoms with Crippen molar-refractivity contribution in [3.63, 3.8) is 0 Å². The molecule has 0 saturated carbocycles. The van der Waals surface area contributed by atoms with Gasteiger partial charge in [-0.1, -0.05) is 5.57 Å². The molecule has 1 N–H and O–H groups in total. The first kappa shape index (κ1) is 8.84. The summed E-state index contributed by atoms with van der Waals surface area (Å²) in [4.78, 5) is 0. The Hall–Kier alpha value is -1.25. The first-order valence-electron chi connectivity index (χ1n) is 4.05. The molecular weight excluding hydrogens is 150 g/mol. The first-order chi connectivity index (χ1) is 5.68. The van der Waals surface area contributed by atoms with Crippen molar-refractivity contribution in [2.75, 3.05) is 11.9 Å². The Morgan fingerprint density at radius 3 is 3.00 bits per heavy atom. The predicted molar refractivity (Wildman–Crippen MR) is 51.1 cm³/mol. The molecule has 12 heavy (non-hydrogen) atoms. The lowest BCUT2D eigenvalue weighted by Crippen LogP contribution is -2.00. The monoisotopic (exact) mass is 165 g/mol. The molecule has 0 aromatic carbocycles. The van der Waals surface area contributed by atoms with Crippen LogP contribution in [0.1, 0.15) is 13.3 Å². The topological polar surface area (TPSA) is 29.9 Å². The van der Waals surface area contributed by atoms with Gasteiger partial charge >= 0.3 is 0 Å². The maximum Gasteiger partial charge on any atom is 0.0726 e. The number of nitrogens with one attached hydrogen (secondary N) is 1. The van der Waals surface area contributed by atoms with Gasteiger partial charge in [0.25, 0.3) is 0 Å². The van der Waals surface area contributed by atoms with E-state index in [1.54, 1.807) is 4.68 Å². The van der Waals surface area contributed by atoms with Crippen LogP contribution >= 0.6 is 0 Å². The van der Waals surface area contributed by atoms with E-state index in [1.165, 1.54) is 5.57 Å². The normalized spacial score (nSPS) is 9.83. The Morgan fingerprint density at radius 1 is 1.75 bits per heavy atom. The zero-order valence-electron chi connectivity index (χ0n) is 7.67. The van der Waals surface area contributed by atoms with Gasteiger partial charge in [0.1, 0.15) is 0 Å². The Balaban J connectivity index is 2.29. The maximum absolute atomic E-state index is 4.05. The molecule has 0 atom stereocenters. The Labute approximate surface area is 73.1 Å². The van der Waals surface area contributed by atoms with Gasteiger partial charge in [-0.3, -0.25) is 4.68 Å². The maximum atomic E-state index is 4.05. The highest BCUT2D eigenvalue weighted by Gasteiger charge is 1.93. The molecule has 66 valence electrons. The lowest BCUT2D eigenvalue weighted by Gasteiger charge is -2.01. The molecule has 3 nitrogen and oxygen atoms in total. The van der Waals surface area contributed by atoms with Gasteiger partial charge in [-0.25, -0.2) is 0 Å². The third-order valence-corrected chi connectivity index (χ3v) is 1.59. The van der Waals surface area contributed by atoms with Crippen LogP contribution in [0.25, 0.3) is 0 Å². The van der Waals surface area contributed by atoms with Crippen LogP contribution < -0.4 is 5.32 Å². The average Bonchev–Trinajstić information content (AvgIpc) is 2.35. The Morgan fingerprint density at radius 2 is 2.50 bits per heavy atom. The molecular formula is C9H15N3. The summed E-state index contributed by atoms with van der Waals surface area (Å²) < 4.78 is 1.78. The lowest BCUT2D eigenvalue weighted by molar-refractivity contribution is 0.768. The Kier molecular flexibility index (Phi) is 2.91. The summed E-state index contributed by atoms with van der Waals surface area (Å²) >= 11 is 0. The van der Waals surface area contributed by atoms with Crippen LogP contribution in [0, 0.1) is 0 Å². The molecule has 0 radical (unpaired) electrons. The summed E-state index contributed by atoms with van der Waals surface area (Å²) in [7, 11) is 1.91. The van der Waals surface area contributed by atoms with E-state index in [-0.39, 0.29) is 0 Å². The van der Waals surface area contributed by atoms with Gasteiger partial charge in [-0.15, -0.1) is 6.58 Å². The van der Waals surface area contributed by atoms with E-state index < -0.39 is 0 Å². The summed E-state index contributed by atoms with van der Waals surface area (Å²) in [5.74, 6) is 0. The SMILES string of the molecule is C=C(C)CCNc1cnn(C)c1. The van der Waals surface area contributed by atoms with Crippen molar-refractivity contribution in [2.45, 2.75) is 13.3 Å². The van der Waals surface area contributed by atoms with E-state index in [1.807, 2.05) is 26.4 Å². The number of anilines is 1. The molecule has 0 saturated heterocycles. The number of aryl methyl sites for hydroxylation is 1. The molecule has 0 aliphatic carbocycles. The molecule has 0 fully saturated rings. The van der Waals surface area contributed by atoms with Crippen LogP contribution in [0.15, 0.2) is 24.5 Å². The van der Waals surface area contributed by atoms with Crippen molar-refractivity contribution >= 4 is 5.69 Å². The van der Waals surface area contributed by atoms with Gasteiger partial charge in [-0.2, -0.15) is 5.10 Å². The van der Waals surface area contributed by atoms with E-state index in [9.17, 15) is 0 Å². The largest absolute Gasteiger partial charge is 0.382 e. The number of hydrogen-bond donors (Lipinski definition) is 1. The minimum Gasteiger partial charge on any atom is -0.382 e. The molecule has 0 unspecified atom stereocenters. The van der Waals surface area contributed by atoms with E-state index in [0.717, 1.165) is 18.7 Å². The number of rotatable bonds is 4. The van der Waals surface area contributed by atoms with E-state index >= 15 is 0 Å². The summed E-state index contributed by atoms with van der Waals surface area (Å²) in [6, 6.07) is 0. The molecule has 1 heterocycles. The molecule has 0 aliphatic rings. The van der Waals surface area contributed by atoms with Gasteiger partial charge in [0.05, 0.1) is 11.9 Å². The van der Waals surface area contributed by atoms with Gasteiger partial charge in [0.2, 0.25) is 0 Å². The number of hydrogen-bond acceptors (Lipinski definition) is 2. The molecule has 0 spiro atoms. The highest BCUT2D eigenvalue weighted by Crippen LogP contribution is 2.04. The molecule has 1 rings (SSSR count). The highest BCUT2D eigenvalue weighted by atomic mass is 15.3. The van der Waals surface area contributed by atoms with Crippen molar-refractivity contribution in [2.24, 2.45) is 7.05 Å².